The Morgan fingerprint density at radius 3 is 2.84 bits per heavy atom. The zero-order valence-electron chi connectivity index (χ0n) is 10.9. The molecule has 0 spiro atoms. The predicted octanol–water partition coefficient (Wildman–Crippen LogP) is 2.54. The average molecular weight is 253 g/mol. The Labute approximate surface area is 112 Å². The molecule has 0 saturated heterocycles. The van der Waals surface area contributed by atoms with Crippen LogP contribution in [0.25, 0.3) is 0 Å². The van der Waals surface area contributed by atoms with E-state index in [1.165, 1.54) is 0 Å². The molecule has 96 valence electrons. The lowest BCUT2D eigenvalue weighted by Gasteiger charge is -2.11. The van der Waals surface area contributed by atoms with E-state index in [-0.39, 0.29) is 0 Å². The molecular weight excluding hydrogens is 238 g/mol. The minimum absolute atomic E-state index is 0.478. The number of nitriles is 1. The first-order valence-electron chi connectivity index (χ1n) is 6.04. The standard InChI is InChI=1S/C14H15N5/c1-3-12-18-13(16)9(2)14(19-12)17-11-6-4-5-10(7-11)8-15/h4-7H,3H2,1-2H3,(H3,16,17,18,19). The normalized spacial score (nSPS) is 9.95. The van der Waals surface area contributed by atoms with Gasteiger partial charge in [-0.1, -0.05) is 13.0 Å². The van der Waals surface area contributed by atoms with Gasteiger partial charge in [-0.05, 0) is 25.1 Å². The van der Waals surface area contributed by atoms with Gasteiger partial charge in [0.05, 0.1) is 11.6 Å². The number of benzene rings is 1. The number of hydrogen-bond acceptors (Lipinski definition) is 5. The van der Waals surface area contributed by atoms with Gasteiger partial charge in [-0.3, -0.25) is 0 Å². The van der Waals surface area contributed by atoms with Gasteiger partial charge in [0.2, 0.25) is 0 Å². The third-order valence-corrected chi connectivity index (χ3v) is 2.80. The molecule has 5 nitrogen and oxygen atoms in total. The first kappa shape index (κ1) is 12.8. The number of nitrogens with two attached hydrogens (primary N) is 1. The fraction of sp³-hybridized carbons (Fsp3) is 0.214. The third-order valence-electron chi connectivity index (χ3n) is 2.80. The maximum atomic E-state index is 8.89. The second kappa shape index (κ2) is 5.36. The highest BCUT2D eigenvalue weighted by Gasteiger charge is 2.08. The average Bonchev–Trinajstić information content (AvgIpc) is 2.43. The van der Waals surface area contributed by atoms with Crippen LogP contribution in [-0.4, -0.2) is 9.97 Å². The monoisotopic (exact) mass is 253 g/mol. The number of aryl methyl sites for hydroxylation is 1. The summed E-state index contributed by atoms with van der Waals surface area (Å²) in [6.07, 6.45) is 0.720. The van der Waals surface area contributed by atoms with Gasteiger partial charge in [0, 0.05) is 17.7 Å². The Balaban J connectivity index is 2.37. The highest BCUT2D eigenvalue weighted by Crippen LogP contribution is 2.22. The van der Waals surface area contributed by atoms with Crippen LogP contribution in [0.1, 0.15) is 23.9 Å². The van der Waals surface area contributed by atoms with Crippen molar-refractivity contribution in [1.82, 2.24) is 9.97 Å². The molecule has 3 N–H and O–H groups in total. The molecule has 1 heterocycles. The van der Waals surface area contributed by atoms with E-state index in [0.29, 0.717) is 23.0 Å². The molecule has 0 atom stereocenters. The number of rotatable bonds is 3. The van der Waals surface area contributed by atoms with Crippen molar-refractivity contribution in [1.29, 1.82) is 5.26 Å². The summed E-state index contributed by atoms with van der Waals surface area (Å²) in [5.41, 5.74) is 8.07. The predicted molar refractivity (Wildman–Crippen MR) is 75.0 cm³/mol. The van der Waals surface area contributed by atoms with E-state index in [0.717, 1.165) is 17.7 Å². The Hall–Kier alpha value is -2.61. The van der Waals surface area contributed by atoms with Gasteiger partial charge < -0.3 is 11.1 Å². The molecule has 0 bridgehead atoms. The maximum absolute atomic E-state index is 8.89. The fourth-order valence-corrected chi connectivity index (χ4v) is 1.67. The third kappa shape index (κ3) is 2.80. The van der Waals surface area contributed by atoms with Crippen LogP contribution in [0.5, 0.6) is 0 Å². The number of nitrogens with zero attached hydrogens (tertiary/aromatic N) is 3. The molecule has 2 aromatic rings. The molecule has 19 heavy (non-hydrogen) atoms. The maximum Gasteiger partial charge on any atom is 0.139 e. The van der Waals surface area contributed by atoms with Gasteiger partial charge in [-0.2, -0.15) is 5.26 Å². The molecule has 0 unspecified atom stereocenters. The highest BCUT2D eigenvalue weighted by atomic mass is 15.1. The fourth-order valence-electron chi connectivity index (χ4n) is 1.67. The summed E-state index contributed by atoms with van der Waals surface area (Å²) in [6, 6.07) is 9.33. The topological polar surface area (TPSA) is 87.6 Å². The van der Waals surface area contributed by atoms with Crippen molar-refractivity contribution in [2.24, 2.45) is 0 Å². The Morgan fingerprint density at radius 1 is 1.37 bits per heavy atom. The summed E-state index contributed by atoms with van der Waals surface area (Å²) in [5, 5.41) is 12.1. The Kier molecular flexibility index (Phi) is 3.62. The van der Waals surface area contributed by atoms with Crippen molar-refractivity contribution in [2.75, 3.05) is 11.1 Å². The zero-order valence-corrected chi connectivity index (χ0v) is 10.9. The molecular formula is C14H15N5. The van der Waals surface area contributed by atoms with Crippen molar-refractivity contribution >= 4 is 17.3 Å². The van der Waals surface area contributed by atoms with Gasteiger partial charge >= 0.3 is 0 Å². The highest BCUT2D eigenvalue weighted by molar-refractivity contribution is 5.64. The van der Waals surface area contributed by atoms with Crippen LogP contribution in [0, 0.1) is 18.3 Å². The van der Waals surface area contributed by atoms with E-state index in [1.54, 1.807) is 12.1 Å². The van der Waals surface area contributed by atoms with Crippen LogP contribution >= 0.6 is 0 Å². The molecule has 0 amide bonds. The number of aromatic nitrogens is 2. The van der Waals surface area contributed by atoms with Crippen LogP contribution < -0.4 is 11.1 Å². The van der Waals surface area contributed by atoms with E-state index in [9.17, 15) is 0 Å². The summed E-state index contributed by atoms with van der Waals surface area (Å²) in [7, 11) is 0. The minimum atomic E-state index is 0.478. The van der Waals surface area contributed by atoms with E-state index < -0.39 is 0 Å². The lowest BCUT2D eigenvalue weighted by atomic mass is 10.2. The van der Waals surface area contributed by atoms with Crippen molar-refractivity contribution in [3.05, 3.63) is 41.2 Å². The SMILES string of the molecule is CCc1nc(N)c(C)c(Nc2cccc(C#N)c2)n1. The largest absolute Gasteiger partial charge is 0.383 e. The van der Waals surface area contributed by atoms with Crippen LogP contribution in [0.3, 0.4) is 0 Å². The van der Waals surface area contributed by atoms with Gasteiger partial charge in [0.25, 0.3) is 0 Å². The molecule has 0 aliphatic heterocycles. The summed E-state index contributed by atoms with van der Waals surface area (Å²) >= 11 is 0. The molecule has 0 aliphatic carbocycles. The molecule has 5 heteroatoms. The van der Waals surface area contributed by atoms with Crippen molar-refractivity contribution < 1.29 is 0 Å². The number of nitrogens with one attached hydrogen (secondary N) is 1. The minimum Gasteiger partial charge on any atom is -0.383 e. The quantitative estimate of drug-likeness (QED) is 0.877. The number of hydrogen-bond donors (Lipinski definition) is 2. The first-order valence-corrected chi connectivity index (χ1v) is 6.04. The molecule has 2 rings (SSSR count). The van der Waals surface area contributed by atoms with Crippen molar-refractivity contribution in [3.8, 4) is 6.07 Å². The first-order chi connectivity index (χ1) is 9.13. The zero-order chi connectivity index (χ0) is 13.8. The van der Waals surface area contributed by atoms with Gasteiger partial charge in [-0.15, -0.1) is 0 Å². The van der Waals surface area contributed by atoms with E-state index in [1.807, 2.05) is 26.0 Å². The summed E-state index contributed by atoms with van der Waals surface area (Å²) < 4.78 is 0. The molecule has 0 saturated carbocycles. The Morgan fingerprint density at radius 2 is 2.16 bits per heavy atom. The van der Waals surface area contributed by atoms with Gasteiger partial charge in [-0.25, -0.2) is 9.97 Å². The van der Waals surface area contributed by atoms with Crippen LogP contribution in [0.4, 0.5) is 17.3 Å². The molecule has 0 radical (unpaired) electrons. The number of anilines is 3. The van der Waals surface area contributed by atoms with E-state index >= 15 is 0 Å². The summed E-state index contributed by atoms with van der Waals surface area (Å²) in [5.74, 6) is 1.85. The lowest BCUT2D eigenvalue weighted by Crippen LogP contribution is -2.06. The molecule has 1 aromatic carbocycles. The van der Waals surface area contributed by atoms with Gasteiger partial charge in [0.1, 0.15) is 17.5 Å². The molecule has 0 fully saturated rings. The Bertz CT molecular complexity index is 643. The summed E-state index contributed by atoms with van der Waals surface area (Å²) in [6.45, 7) is 3.84. The van der Waals surface area contributed by atoms with Crippen LogP contribution in [-0.2, 0) is 6.42 Å². The van der Waals surface area contributed by atoms with Crippen LogP contribution in [0.15, 0.2) is 24.3 Å². The van der Waals surface area contributed by atoms with E-state index in [4.69, 9.17) is 11.0 Å². The van der Waals surface area contributed by atoms with E-state index in [2.05, 4.69) is 21.4 Å². The van der Waals surface area contributed by atoms with Crippen LogP contribution in [0.2, 0.25) is 0 Å². The van der Waals surface area contributed by atoms with Crippen molar-refractivity contribution in [3.63, 3.8) is 0 Å². The molecule has 1 aromatic heterocycles. The second-order valence-corrected chi connectivity index (χ2v) is 4.17. The smallest absolute Gasteiger partial charge is 0.139 e. The summed E-state index contributed by atoms with van der Waals surface area (Å²) in [4.78, 5) is 8.62. The van der Waals surface area contributed by atoms with Gasteiger partial charge in [0.15, 0.2) is 0 Å². The molecule has 0 aliphatic rings. The second-order valence-electron chi connectivity index (χ2n) is 4.17. The lowest BCUT2D eigenvalue weighted by molar-refractivity contribution is 0.940. The van der Waals surface area contributed by atoms with Crippen molar-refractivity contribution in [2.45, 2.75) is 20.3 Å². The number of nitrogen functional groups attached to an aromatic ring is 1.